The summed E-state index contributed by atoms with van der Waals surface area (Å²) in [4.78, 5) is 20.6. The minimum Gasteiger partial charge on any atom is -0.343 e. The van der Waals surface area contributed by atoms with E-state index >= 15 is 0 Å². The summed E-state index contributed by atoms with van der Waals surface area (Å²) in [5.41, 5.74) is 0.912. The number of thiazole rings is 1. The summed E-state index contributed by atoms with van der Waals surface area (Å²) >= 11 is 1.58. The third-order valence-electron chi connectivity index (χ3n) is 4.68. The fraction of sp³-hybridized carbons (Fsp3) is 0.765. The summed E-state index contributed by atoms with van der Waals surface area (Å²) in [6.07, 6.45) is 1.61. The first kappa shape index (κ1) is 17.4. The highest BCUT2D eigenvalue weighted by molar-refractivity contribution is 7.15. The zero-order valence-corrected chi connectivity index (χ0v) is 15.8. The maximum Gasteiger partial charge on any atom is 0.230 e. The van der Waals surface area contributed by atoms with Crippen molar-refractivity contribution in [3.8, 4) is 0 Å². The lowest BCUT2D eigenvalue weighted by Crippen LogP contribution is -2.31. The lowest BCUT2D eigenvalue weighted by molar-refractivity contribution is -0.119. The van der Waals surface area contributed by atoms with Crippen LogP contribution in [-0.2, 0) is 27.2 Å². The van der Waals surface area contributed by atoms with Gasteiger partial charge in [0.05, 0.1) is 17.2 Å². The van der Waals surface area contributed by atoms with Crippen molar-refractivity contribution >= 4 is 22.4 Å². The van der Waals surface area contributed by atoms with E-state index in [2.05, 4.69) is 20.5 Å². The van der Waals surface area contributed by atoms with Gasteiger partial charge in [0.25, 0.3) is 0 Å². The number of nitrogens with one attached hydrogen (secondary N) is 2. The number of hydrogen-bond donors (Lipinski definition) is 2. The van der Waals surface area contributed by atoms with E-state index in [9.17, 15) is 4.79 Å². The number of aromatic nitrogens is 1. The Hall–Kier alpha value is -1.06. The number of nitrogens with zero attached hydrogens (tertiary/aromatic N) is 2. The molecule has 0 saturated carbocycles. The Morgan fingerprint density at radius 1 is 1.48 bits per heavy atom. The molecule has 0 radical (unpaired) electrons. The summed E-state index contributed by atoms with van der Waals surface area (Å²) < 4.78 is 11.5. The van der Waals surface area contributed by atoms with Gasteiger partial charge in [0.1, 0.15) is 0 Å². The molecule has 0 spiro atoms. The zero-order valence-electron chi connectivity index (χ0n) is 15.0. The van der Waals surface area contributed by atoms with Crippen LogP contribution in [0.4, 0.5) is 5.13 Å². The minimum atomic E-state index is -0.214. The Labute approximate surface area is 152 Å². The number of anilines is 1. The van der Waals surface area contributed by atoms with Crippen molar-refractivity contribution in [2.45, 2.75) is 58.3 Å². The maximum absolute atomic E-state index is 12.6. The largest absolute Gasteiger partial charge is 0.343 e. The van der Waals surface area contributed by atoms with Crippen molar-refractivity contribution in [1.29, 1.82) is 0 Å². The average Bonchev–Trinajstić information content (AvgIpc) is 2.99. The van der Waals surface area contributed by atoms with E-state index < -0.39 is 0 Å². The molecule has 0 aromatic carbocycles. The second-order valence-electron chi connectivity index (χ2n) is 7.91. The van der Waals surface area contributed by atoms with Gasteiger partial charge in [-0.15, -0.1) is 11.3 Å². The molecule has 1 aromatic heterocycles. The highest BCUT2D eigenvalue weighted by atomic mass is 32.1. The Morgan fingerprint density at radius 3 is 3.08 bits per heavy atom. The Kier molecular flexibility index (Phi) is 4.57. The number of ether oxygens (including phenoxy) is 2. The molecule has 3 aliphatic heterocycles. The summed E-state index contributed by atoms with van der Waals surface area (Å²) in [6.45, 7) is 9.46. The number of amides is 1. The normalized spacial score (nSPS) is 29.5. The molecule has 2 N–H and O–H groups in total. The van der Waals surface area contributed by atoms with Crippen LogP contribution in [0.25, 0.3) is 0 Å². The SMILES string of the molecule is CC(C)(C)OC1OC1N1CC[C@H](C(=O)Nc2nc3c(s2)CNCC3)C1. The molecule has 2 saturated heterocycles. The van der Waals surface area contributed by atoms with E-state index in [4.69, 9.17) is 9.47 Å². The van der Waals surface area contributed by atoms with Crippen LogP contribution in [0.3, 0.4) is 0 Å². The lowest BCUT2D eigenvalue weighted by Gasteiger charge is -2.19. The Morgan fingerprint density at radius 2 is 2.32 bits per heavy atom. The average molecular weight is 366 g/mol. The van der Waals surface area contributed by atoms with Gasteiger partial charge in [-0.1, -0.05) is 0 Å². The molecule has 1 aromatic rings. The smallest absolute Gasteiger partial charge is 0.230 e. The topological polar surface area (TPSA) is 79.0 Å². The number of carbonyl (C=O) groups excluding carboxylic acids is 1. The third-order valence-corrected chi connectivity index (χ3v) is 5.70. The van der Waals surface area contributed by atoms with Crippen LogP contribution in [0.15, 0.2) is 0 Å². The molecule has 3 aliphatic rings. The van der Waals surface area contributed by atoms with Crippen LogP contribution in [0.1, 0.15) is 37.8 Å². The van der Waals surface area contributed by atoms with Crippen molar-refractivity contribution in [2.24, 2.45) is 5.92 Å². The minimum absolute atomic E-state index is 0.00437. The van der Waals surface area contributed by atoms with Crippen molar-refractivity contribution in [1.82, 2.24) is 15.2 Å². The highest BCUT2D eigenvalue weighted by Gasteiger charge is 2.49. The van der Waals surface area contributed by atoms with Gasteiger partial charge in [-0.05, 0) is 27.2 Å². The predicted octanol–water partition coefficient (Wildman–Crippen LogP) is 1.55. The summed E-state index contributed by atoms with van der Waals surface area (Å²) in [5, 5.41) is 7.08. The van der Waals surface area contributed by atoms with Crippen LogP contribution in [0, 0.1) is 5.92 Å². The second-order valence-corrected chi connectivity index (χ2v) is 8.99. The van der Waals surface area contributed by atoms with Crippen molar-refractivity contribution < 1.29 is 14.3 Å². The monoisotopic (exact) mass is 366 g/mol. The fourth-order valence-corrected chi connectivity index (χ4v) is 4.38. The van der Waals surface area contributed by atoms with Crippen LogP contribution < -0.4 is 10.6 Å². The second kappa shape index (κ2) is 6.59. The molecule has 4 heterocycles. The summed E-state index contributed by atoms with van der Waals surface area (Å²) in [6, 6.07) is 0. The van der Waals surface area contributed by atoms with E-state index in [1.54, 1.807) is 11.3 Å². The highest BCUT2D eigenvalue weighted by Crippen LogP contribution is 2.35. The molecule has 1 amide bonds. The number of epoxide rings is 1. The molecule has 3 atom stereocenters. The summed E-state index contributed by atoms with van der Waals surface area (Å²) in [5.74, 6) is 0.0500. The molecular formula is C17H26N4O3S. The molecule has 4 rings (SSSR count). The first-order valence-corrected chi connectivity index (χ1v) is 9.78. The van der Waals surface area contributed by atoms with Crippen LogP contribution in [-0.4, -0.2) is 53.5 Å². The van der Waals surface area contributed by atoms with Gasteiger partial charge < -0.3 is 20.1 Å². The molecule has 2 fully saturated rings. The summed E-state index contributed by atoms with van der Waals surface area (Å²) in [7, 11) is 0. The van der Waals surface area contributed by atoms with Crippen LogP contribution >= 0.6 is 11.3 Å². The lowest BCUT2D eigenvalue weighted by atomic mass is 10.1. The number of carbonyl (C=O) groups is 1. The van der Waals surface area contributed by atoms with Gasteiger partial charge in [-0.25, -0.2) is 4.98 Å². The van der Waals surface area contributed by atoms with E-state index in [1.807, 2.05) is 20.8 Å². The van der Waals surface area contributed by atoms with Crippen molar-refractivity contribution in [3.63, 3.8) is 0 Å². The van der Waals surface area contributed by atoms with E-state index in [0.29, 0.717) is 6.54 Å². The fourth-order valence-electron chi connectivity index (χ4n) is 3.40. The predicted molar refractivity (Wildman–Crippen MR) is 95.3 cm³/mol. The Bertz CT molecular complexity index is 633. The van der Waals surface area contributed by atoms with Gasteiger partial charge in [-0.3, -0.25) is 9.69 Å². The molecule has 2 unspecified atom stereocenters. The van der Waals surface area contributed by atoms with Gasteiger partial charge in [0.2, 0.25) is 5.91 Å². The standard InChI is InChI=1S/C17H26N4O3S/c1-17(2,3)24-15-14(23-15)21-7-5-10(9-21)13(22)20-16-19-11-4-6-18-8-12(11)25-16/h10,14-15,18H,4-9H2,1-3H3,(H,19,20,22)/t10-,14?,15?/m0/s1. The number of hydrogen-bond acceptors (Lipinski definition) is 7. The van der Waals surface area contributed by atoms with Gasteiger partial charge in [-0.2, -0.15) is 0 Å². The molecular weight excluding hydrogens is 340 g/mol. The first-order valence-electron chi connectivity index (χ1n) is 8.96. The van der Waals surface area contributed by atoms with Crippen molar-refractivity contribution in [2.75, 3.05) is 25.0 Å². The number of rotatable bonds is 4. The molecule has 0 bridgehead atoms. The quantitative estimate of drug-likeness (QED) is 0.787. The van der Waals surface area contributed by atoms with E-state index in [-0.39, 0.29) is 29.9 Å². The van der Waals surface area contributed by atoms with Crippen molar-refractivity contribution in [3.05, 3.63) is 10.6 Å². The Balaban J connectivity index is 1.29. The van der Waals surface area contributed by atoms with Crippen LogP contribution in [0.2, 0.25) is 0 Å². The van der Waals surface area contributed by atoms with E-state index in [1.165, 1.54) is 4.88 Å². The van der Waals surface area contributed by atoms with Gasteiger partial charge in [0, 0.05) is 37.5 Å². The van der Waals surface area contributed by atoms with E-state index in [0.717, 1.165) is 43.3 Å². The number of likely N-dealkylation sites (tertiary alicyclic amines) is 1. The molecule has 0 aliphatic carbocycles. The molecule has 25 heavy (non-hydrogen) atoms. The first-order chi connectivity index (χ1) is 11.9. The zero-order chi connectivity index (χ0) is 17.6. The molecule has 7 nitrogen and oxygen atoms in total. The molecule has 138 valence electrons. The number of fused-ring (bicyclic) bond motifs is 1. The van der Waals surface area contributed by atoms with Gasteiger partial charge >= 0.3 is 0 Å². The van der Waals surface area contributed by atoms with Gasteiger partial charge in [0.15, 0.2) is 17.6 Å². The maximum atomic E-state index is 12.6. The van der Waals surface area contributed by atoms with Crippen LogP contribution in [0.5, 0.6) is 0 Å². The third kappa shape index (κ3) is 4.03. The molecule has 8 heteroatoms.